The van der Waals surface area contributed by atoms with E-state index in [0.29, 0.717) is 23.7 Å². The van der Waals surface area contributed by atoms with Gasteiger partial charge in [-0.25, -0.2) is 0 Å². The Labute approximate surface area is 222 Å². The molecule has 5 nitrogen and oxygen atoms in total. The SMILES string of the molecule is CCCCc1ccc(C(=O)N(Cc2cccc(OS(=O)(=O)c3cccc(C(F)(F)F)c3)c2)CC(C)C)cc1. The van der Waals surface area contributed by atoms with Gasteiger partial charge < -0.3 is 9.08 Å². The second-order valence-electron chi connectivity index (χ2n) is 9.59. The van der Waals surface area contributed by atoms with Gasteiger partial charge in [0.2, 0.25) is 0 Å². The Balaban J connectivity index is 1.79. The van der Waals surface area contributed by atoms with Crippen molar-refractivity contribution < 1.29 is 30.6 Å². The topological polar surface area (TPSA) is 63.7 Å². The predicted octanol–water partition coefficient (Wildman–Crippen LogP) is 7.11. The first-order chi connectivity index (χ1) is 17.9. The number of carbonyl (C=O) groups is 1. The number of halogens is 3. The van der Waals surface area contributed by atoms with E-state index in [2.05, 4.69) is 6.92 Å². The van der Waals surface area contributed by atoms with Crippen molar-refractivity contribution in [3.05, 3.63) is 95.1 Å². The lowest BCUT2D eigenvalue weighted by Gasteiger charge is -2.25. The van der Waals surface area contributed by atoms with Crippen LogP contribution < -0.4 is 4.18 Å². The number of rotatable bonds is 11. The van der Waals surface area contributed by atoms with E-state index >= 15 is 0 Å². The maximum absolute atomic E-state index is 13.3. The van der Waals surface area contributed by atoms with Crippen molar-refractivity contribution >= 4 is 16.0 Å². The molecular weight excluding hydrogens is 515 g/mol. The van der Waals surface area contributed by atoms with Gasteiger partial charge in [-0.15, -0.1) is 0 Å². The van der Waals surface area contributed by atoms with Crippen molar-refractivity contribution in [3.63, 3.8) is 0 Å². The Bertz CT molecular complexity index is 1340. The average molecular weight is 548 g/mol. The van der Waals surface area contributed by atoms with Crippen LogP contribution in [0.15, 0.2) is 77.7 Å². The standard InChI is InChI=1S/C29H32F3NO4S/c1-4-5-8-22-13-15-24(16-14-22)28(34)33(19-21(2)3)20-23-9-6-11-26(17-23)37-38(35,36)27-12-7-10-25(18-27)29(30,31)32/h6-7,9-18,21H,4-5,8,19-20H2,1-3H3. The van der Waals surface area contributed by atoms with Crippen LogP contribution >= 0.6 is 0 Å². The van der Waals surface area contributed by atoms with Gasteiger partial charge in [0.25, 0.3) is 5.91 Å². The third-order valence-electron chi connectivity index (χ3n) is 5.82. The van der Waals surface area contributed by atoms with Crippen molar-refractivity contribution in [2.45, 2.75) is 57.7 Å². The smallest absolute Gasteiger partial charge is 0.379 e. The summed E-state index contributed by atoms with van der Waals surface area (Å²) in [5.41, 5.74) is 1.27. The molecule has 0 unspecified atom stereocenters. The molecule has 204 valence electrons. The molecule has 0 atom stereocenters. The van der Waals surface area contributed by atoms with Crippen molar-refractivity contribution in [2.24, 2.45) is 5.92 Å². The van der Waals surface area contributed by atoms with E-state index in [9.17, 15) is 26.4 Å². The van der Waals surface area contributed by atoms with Crippen LogP contribution in [-0.2, 0) is 29.3 Å². The van der Waals surface area contributed by atoms with E-state index in [1.54, 1.807) is 17.0 Å². The van der Waals surface area contributed by atoms with Gasteiger partial charge in [-0.1, -0.05) is 57.5 Å². The maximum atomic E-state index is 13.3. The fourth-order valence-electron chi connectivity index (χ4n) is 3.96. The first-order valence-electron chi connectivity index (χ1n) is 12.5. The number of aryl methyl sites for hydroxylation is 1. The maximum Gasteiger partial charge on any atom is 0.416 e. The van der Waals surface area contributed by atoms with Crippen molar-refractivity contribution in [1.82, 2.24) is 4.90 Å². The summed E-state index contributed by atoms with van der Waals surface area (Å²) in [5.74, 6) is -0.0238. The minimum atomic E-state index is -4.69. The third kappa shape index (κ3) is 8.08. The van der Waals surface area contributed by atoms with E-state index in [4.69, 9.17) is 4.18 Å². The van der Waals surface area contributed by atoms with Crippen LogP contribution in [0.25, 0.3) is 0 Å². The lowest BCUT2D eigenvalue weighted by atomic mass is 10.0. The zero-order chi connectivity index (χ0) is 27.9. The molecule has 38 heavy (non-hydrogen) atoms. The number of benzene rings is 3. The molecule has 0 spiro atoms. The van der Waals surface area contributed by atoms with Crippen molar-refractivity contribution in [3.8, 4) is 5.75 Å². The summed E-state index contributed by atoms with van der Waals surface area (Å²) in [6.45, 7) is 6.80. The molecule has 0 saturated heterocycles. The molecule has 0 aliphatic carbocycles. The van der Waals surface area contributed by atoms with Gasteiger partial charge >= 0.3 is 16.3 Å². The Morgan fingerprint density at radius 3 is 2.26 bits per heavy atom. The van der Waals surface area contributed by atoms with E-state index < -0.39 is 26.8 Å². The van der Waals surface area contributed by atoms with Crippen LogP contribution in [0.5, 0.6) is 5.75 Å². The van der Waals surface area contributed by atoms with E-state index in [-0.39, 0.29) is 24.1 Å². The summed E-state index contributed by atoms with van der Waals surface area (Å²) in [4.78, 5) is 14.4. The molecule has 0 N–H and O–H groups in total. The third-order valence-corrected chi connectivity index (χ3v) is 7.06. The number of hydrogen-bond acceptors (Lipinski definition) is 4. The van der Waals surface area contributed by atoms with Gasteiger partial charge in [0.1, 0.15) is 10.6 Å². The molecule has 1 amide bonds. The molecular formula is C29H32F3NO4S. The van der Waals surface area contributed by atoms with Gasteiger partial charge in [-0.2, -0.15) is 21.6 Å². The summed E-state index contributed by atoms with van der Waals surface area (Å²) in [5, 5.41) is 0. The van der Waals surface area contributed by atoms with Crippen molar-refractivity contribution in [2.75, 3.05) is 6.54 Å². The molecule has 3 aromatic rings. The molecule has 0 heterocycles. The van der Waals surface area contributed by atoms with Gasteiger partial charge in [0, 0.05) is 18.7 Å². The number of carbonyl (C=O) groups excluding carboxylic acids is 1. The molecule has 0 bridgehead atoms. The zero-order valence-electron chi connectivity index (χ0n) is 21.7. The molecule has 0 radical (unpaired) electrons. The second-order valence-corrected chi connectivity index (χ2v) is 11.1. The summed E-state index contributed by atoms with van der Waals surface area (Å²) in [6.07, 6.45) is -1.56. The first-order valence-corrected chi connectivity index (χ1v) is 13.9. The Hall–Kier alpha value is -3.33. The van der Waals surface area contributed by atoms with Gasteiger partial charge in [-0.05, 0) is 72.4 Å². The lowest BCUT2D eigenvalue weighted by molar-refractivity contribution is -0.137. The number of alkyl halides is 3. The van der Waals surface area contributed by atoms with Gasteiger partial charge in [-0.3, -0.25) is 4.79 Å². The number of unbranched alkanes of at least 4 members (excludes halogenated alkanes) is 1. The molecule has 0 saturated carbocycles. The lowest BCUT2D eigenvalue weighted by Crippen LogP contribution is -2.33. The normalized spacial score (nSPS) is 12.0. The van der Waals surface area contributed by atoms with Crippen LogP contribution in [0, 0.1) is 5.92 Å². The van der Waals surface area contributed by atoms with Crippen LogP contribution in [0.1, 0.15) is 60.7 Å². The van der Waals surface area contributed by atoms with Crippen LogP contribution in [0.4, 0.5) is 13.2 Å². The summed E-state index contributed by atoms with van der Waals surface area (Å²) in [6, 6.07) is 17.1. The number of nitrogens with zero attached hydrogens (tertiary/aromatic N) is 1. The zero-order valence-corrected chi connectivity index (χ0v) is 22.5. The Morgan fingerprint density at radius 2 is 1.63 bits per heavy atom. The molecule has 0 fully saturated rings. The highest BCUT2D eigenvalue weighted by molar-refractivity contribution is 7.87. The fraction of sp³-hybridized carbons (Fsp3) is 0.345. The second kappa shape index (κ2) is 12.5. The summed E-state index contributed by atoms with van der Waals surface area (Å²) < 4.78 is 69.6. The molecule has 0 aliphatic heterocycles. The molecule has 9 heteroatoms. The largest absolute Gasteiger partial charge is 0.416 e. The van der Waals surface area contributed by atoms with Crippen LogP contribution in [0.2, 0.25) is 0 Å². The Morgan fingerprint density at radius 1 is 0.947 bits per heavy atom. The highest BCUT2D eigenvalue weighted by Crippen LogP contribution is 2.31. The number of amides is 1. The van der Waals surface area contributed by atoms with Gasteiger partial charge in [0.05, 0.1) is 5.56 Å². The van der Waals surface area contributed by atoms with Crippen LogP contribution in [-0.4, -0.2) is 25.8 Å². The molecule has 3 aromatic carbocycles. The van der Waals surface area contributed by atoms with Gasteiger partial charge in [0.15, 0.2) is 0 Å². The summed E-state index contributed by atoms with van der Waals surface area (Å²) >= 11 is 0. The fourth-order valence-corrected chi connectivity index (χ4v) is 4.93. The quantitative estimate of drug-likeness (QED) is 0.240. The van der Waals surface area contributed by atoms with E-state index in [1.807, 2.05) is 38.1 Å². The Kier molecular flexibility index (Phi) is 9.60. The highest BCUT2D eigenvalue weighted by atomic mass is 32.2. The monoisotopic (exact) mass is 547 g/mol. The minimum absolute atomic E-state index is 0.0582. The predicted molar refractivity (Wildman–Crippen MR) is 140 cm³/mol. The average Bonchev–Trinajstić information content (AvgIpc) is 2.86. The van der Waals surface area contributed by atoms with E-state index in [0.717, 1.165) is 37.5 Å². The number of hydrogen-bond donors (Lipinski definition) is 0. The molecule has 0 aromatic heterocycles. The summed E-state index contributed by atoms with van der Waals surface area (Å²) in [7, 11) is -4.51. The first kappa shape index (κ1) is 29.2. The molecule has 3 rings (SSSR count). The van der Waals surface area contributed by atoms with Crippen molar-refractivity contribution in [1.29, 1.82) is 0 Å². The van der Waals surface area contributed by atoms with Crippen LogP contribution in [0.3, 0.4) is 0 Å². The minimum Gasteiger partial charge on any atom is -0.379 e. The molecule has 0 aliphatic rings. The highest BCUT2D eigenvalue weighted by Gasteiger charge is 2.32. The van der Waals surface area contributed by atoms with E-state index in [1.165, 1.54) is 17.7 Å².